The summed E-state index contributed by atoms with van der Waals surface area (Å²) in [5.74, 6) is -0.252. The van der Waals surface area contributed by atoms with E-state index in [9.17, 15) is 9.18 Å². The third-order valence-electron chi connectivity index (χ3n) is 4.30. The van der Waals surface area contributed by atoms with Crippen LogP contribution in [0.3, 0.4) is 0 Å². The number of nitrogens with zero attached hydrogens (tertiary/aromatic N) is 2. The predicted molar refractivity (Wildman–Crippen MR) is 98.9 cm³/mol. The number of aromatic nitrogens is 1. The van der Waals surface area contributed by atoms with E-state index in [2.05, 4.69) is 9.88 Å². The molecule has 2 heterocycles. The zero-order valence-corrected chi connectivity index (χ0v) is 15.5. The summed E-state index contributed by atoms with van der Waals surface area (Å²) in [6.07, 6.45) is 1.22. The van der Waals surface area contributed by atoms with Gasteiger partial charge in [-0.2, -0.15) is 0 Å². The molecule has 2 aromatic rings. The topological polar surface area (TPSA) is 77.7 Å². The molecule has 0 bridgehead atoms. The van der Waals surface area contributed by atoms with Crippen LogP contribution in [-0.4, -0.2) is 47.7 Å². The molecule has 1 atom stereocenters. The number of nitrogens with two attached hydrogens (primary N) is 1. The first-order chi connectivity index (χ1) is 12.9. The van der Waals surface area contributed by atoms with Crippen LogP contribution < -0.4 is 10.5 Å². The van der Waals surface area contributed by atoms with Gasteiger partial charge in [0.05, 0.1) is 24.9 Å². The molecule has 8 heteroatoms. The van der Waals surface area contributed by atoms with E-state index in [1.165, 1.54) is 12.3 Å². The smallest absolute Gasteiger partial charge is 0.220 e. The lowest BCUT2D eigenvalue weighted by Crippen LogP contribution is -2.56. The molecule has 27 heavy (non-hydrogen) atoms. The highest BCUT2D eigenvalue weighted by atomic mass is 35.5. The number of ether oxygens (including phenoxy) is 2. The first kappa shape index (κ1) is 19.5. The van der Waals surface area contributed by atoms with Gasteiger partial charge in [-0.3, -0.25) is 14.7 Å². The van der Waals surface area contributed by atoms with E-state index >= 15 is 0 Å². The van der Waals surface area contributed by atoms with Crippen molar-refractivity contribution in [2.24, 2.45) is 5.73 Å². The van der Waals surface area contributed by atoms with E-state index in [0.29, 0.717) is 37.0 Å². The highest BCUT2D eigenvalue weighted by molar-refractivity contribution is 6.30. The Morgan fingerprint density at radius 2 is 2.26 bits per heavy atom. The van der Waals surface area contributed by atoms with E-state index in [1.807, 2.05) is 0 Å². The number of halogens is 2. The molecule has 2 N–H and O–H groups in total. The zero-order chi connectivity index (χ0) is 19.3. The van der Waals surface area contributed by atoms with Crippen molar-refractivity contribution in [3.05, 3.63) is 59.1 Å². The fraction of sp³-hybridized carbons (Fsp3) is 0.368. The molecule has 1 fully saturated rings. The summed E-state index contributed by atoms with van der Waals surface area (Å²) in [6, 6.07) is 10.0. The van der Waals surface area contributed by atoms with E-state index in [4.69, 9.17) is 26.8 Å². The summed E-state index contributed by atoms with van der Waals surface area (Å²) in [5, 5.41) is 0.560. The van der Waals surface area contributed by atoms with Crippen molar-refractivity contribution in [1.29, 1.82) is 0 Å². The fourth-order valence-electron chi connectivity index (χ4n) is 3.12. The first-order valence-corrected chi connectivity index (χ1v) is 8.95. The number of primary amides is 1. The second-order valence-electron chi connectivity index (χ2n) is 6.60. The predicted octanol–water partition coefficient (Wildman–Crippen LogP) is 2.40. The largest absolute Gasteiger partial charge is 0.490 e. The maximum Gasteiger partial charge on any atom is 0.220 e. The third-order valence-corrected chi connectivity index (χ3v) is 4.53. The summed E-state index contributed by atoms with van der Waals surface area (Å²) in [6.45, 7) is 2.20. The monoisotopic (exact) mass is 393 g/mol. The van der Waals surface area contributed by atoms with Gasteiger partial charge in [0.2, 0.25) is 5.91 Å². The number of pyridine rings is 1. The highest BCUT2D eigenvalue weighted by Gasteiger charge is 2.39. The van der Waals surface area contributed by atoms with E-state index in [1.54, 1.807) is 30.3 Å². The van der Waals surface area contributed by atoms with Gasteiger partial charge in [0.1, 0.15) is 23.8 Å². The Balaban J connectivity index is 1.70. The SMILES string of the molecule is NC(=O)C[C@@]1(COc2cccc(Cl)c2)CN(Cc2ccc(F)cn2)CCO1. The molecule has 1 aromatic heterocycles. The van der Waals surface area contributed by atoms with Crippen molar-refractivity contribution in [1.82, 2.24) is 9.88 Å². The number of amides is 1. The lowest BCUT2D eigenvalue weighted by atomic mass is 9.97. The van der Waals surface area contributed by atoms with Crippen molar-refractivity contribution in [2.45, 2.75) is 18.6 Å². The van der Waals surface area contributed by atoms with Gasteiger partial charge in [-0.1, -0.05) is 17.7 Å². The molecule has 1 saturated heterocycles. The van der Waals surface area contributed by atoms with Crippen LogP contribution in [0.5, 0.6) is 5.75 Å². The van der Waals surface area contributed by atoms with E-state index < -0.39 is 11.5 Å². The molecule has 144 valence electrons. The maximum absolute atomic E-state index is 13.0. The molecule has 0 spiro atoms. The number of benzene rings is 1. The molecular weight excluding hydrogens is 373 g/mol. The van der Waals surface area contributed by atoms with Crippen LogP contribution in [0.1, 0.15) is 12.1 Å². The van der Waals surface area contributed by atoms with Crippen LogP contribution in [0.15, 0.2) is 42.6 Å². The number of hydrogen-bond donors (Lipinski definition) is 1. The number of carbonyl (C=O) groups excluding carboxylic acids is 1. The van der Waals surface area contributed by atoms with Gasteiger partial charge in [0.15, 0.2) is 0 Å². The molecule has 0 radical (unpaired) electrons. The lowest BCUT2D eigenvalue weighted by Gasteiger charge is -2.41. The van der Waals surface area contributed by atoms with Crippen LogP contribution in [0, 0.1) is 5.82 Å². The Morgan fingerprint density at radius 3 is 2.96 bits per heavy atom. The van der Waals surface area contributed by atoms with Gasteiger partial charge < -0.3 is 15.2 Å². The normalized spacial score (nSPS) is 20.4. The van der Waals surface area contributed by atoms with Gasteiger partial charge in [-0.05, 0) is 30.3 Å². The number of rotatable bonds is 7. The summed E-state index contributed by atoms with van der Waals surface area (Å²) >= 11 is 5.98. The molecule has 6 nitrogen and oxygen atoms in total. The molecule has 1 amide bonds. The van der Waals surface area contributed by atoms with Crippen LogP contribution in [0.2, 0.25) is 5.02 Å². The molecule has 1 aliphatic rings. The molecular formula is C19H21ClFN3O3. The van der Waals surface area contributed by atoms with E-state index in [0.717, 1.165) is 5.69 Å². The van der Waals surface area contributed by atoms with Crippen LogP contribution >= 0.6 is 11.6 Å². The lowest BCUT2D eigenvalue weighted by molar-refractivity contribution is -0.148. The number of hydrogen-bond acceptors (Lipinski definition) is 5. The van der Waals surface area contributed by atoms with Gasteiger partial charge >= 0.3 is 0 Å². The van der Waals surface area contributed by atoms with Crippen molar-refractivity contribution in [2.75, 3.05) is 26.3 Å². The summed E-state index contributed by atoms with van der Waals surface area (Å²) in [7, 11) is 0. The molecule has 3 rings (SSSR count). The average Bonchev–Trinajstić information content (AvgIpc) is 2.62. The third kappa shape index (κ3) is 5.63. The minimum absolute atomic E-state index is 0.0287. The quantitative estimate of drug-likeness (QED) is 0.781. The first-order valence-electron chi connectivity index (χ1n) is 8.58. The number of morpholine rings is 1. The van der Waals surface area contributed by atoms with Crippen LogP contribution in [0.4, 0.5) is 4.39 Å². The van der Waals surface area contributed by atoms with Crippen LogP contribution in [0.25, 0.3) is 0 Å². The second kappa shape index (κ2) is 8.65. The minimum atomic E-state index is -0.869. The Labute approximate surface area is 162 Å². The second-order valence-corrected chi connectivity index (χ2v) is 7.04. The Hall–Kier alpha value is -2.22. The molecule has 1 aliphatic heterocycles. The van der Waals surface area contributed by atoms with Crippen molar-refractivity contribution in [3.8, 4) is 5.75 Å². The Bertz CT molecular complexity index is 790. The summed E-state index contributed by atoms with van der Waals surface area (Å²) in [4.78, 5) is 17.8. The molecule has 0 saturated carbocycles. The fourth-order valence-corrected chi connectivity index (χ4v) is 3.30. The summed E-state index contributed by atoms with van der Waals surface area (Å²) in [5.41, 5.74) is 5.32. The van der Waals surface area contributed by atoms with Gasteiger partial charge in [-0.15, -0.1) is 0 Å². The Morgan fingerprint density at radius 1 is 1.41 bits per heavy atom. The van der Waals surface area contributed by atoms with Crippen molar-refractivity contribution >= 4 is 17.5 Å². The van der Waals surface area contributed by atoms with Gasteiger partial charge in [-0.25, -0.2) is 4.39 Å². The maximum atomic E-state index is 13.0. The number of carbonyl (C=O) groups is 1. The standard InChI is InChI=1S/C19H21ClFN3O3/c20-14-2-1-3-17(8-14)26-13-19(9-18(22)25)12-24(6-7-27-19)11-16-5-4-15(21)10-23-16/h1-5,8,10H,6-7,9,11-13H2,(H2,22,25)/t19-/m0/s1. The van der Waals surface area contributed by atoms with Crippen LogP contribution in [-0.2, 0) is 16.1 Å². The van der Waals surface area contributed by atoms with E-state index in [-0.39, 0.29) is 18.8 Å². The molecule has 1 aromatic carbocycles. The van der Waals surface area contributed by atoms with Crippen molar-refractivity contribution < 1.29 is 18.7 Å². The Kier molecular flexibility index (Phi) is 6.26. The van der Waals surface area contributed by atoms with Gasteiger partial charge in [0.25, 0.3) is 0 Å². The molecule has 0 aliphatic carbocycles. The average molecular weight is 394 g/mol. The zero-order valence-electron chi connectivity index (χ0n) is 14.7. The minimum Gasteiger partial charge on any atom is -0.490 e. The highest BCUT2D eigenvalue weighted by Crippen LogP contribution is 2.26. The van der Waals surface area contributed by atoms with Gasteiger partial charge in [0, 0.05) is 24.7 Å². The summed E-state index contributed by atoms with van der Waals surface area (Å²) < 4.78 is 24.8. The molecule has 0 unspecified atom stereocenters. The van der Waals surface area contributed by atoms with Crippen molar-refractivity contribution in [3.63, 3.8) is 0 Å².